The first-order valence-electron chi connectivity index (χ1n) is 6.38. The van der Waals surface area contributed by atoms with Crippen LogP contribution < -0.4 is 5.32 Å². The van der Waals surface area contributed by atoms with E-state index in [9.17, 15) is 4.79 Å². The number of carbonyl (C=O) groups excluding carboxylic acids is 1. The molecule has 1 saturated carbocycles. The number of rotatable bonds is 3. The van der Waals surface area contributed by atoms with Gasteiger partial charge in [0.1, 0.15) is 5.69 Å². The standard InChI is InChI=1S/C13H18ClN3O/c1-8-7-11(17-13(14)15-8)12(18)16-9(2)10-5-3-4-6-10/h7,9-10H,3-6H2,1-2H3,(H,16,18). The molecule has 0 aromatic carbocycles. The van der Waals surface area contributed by atoms with E-state index in [-0.39, 0.29) is 17.2 Å². The summed E-state index contributed by atoms with van der Waals surface area (Å²) in [6.07, 6.45) is 4.93. The van der Waals surface area contributed by atoms with Crippen LogP contribution in [-0.2, 0) is 0 Å². The van der Waals surface area contributed by atoms with Gasteiger partial charge in [-0.2, -0.15) is 0 Å². The van der Waals surface area contributed by atoms with Gasteiger partial charge in [0, 0.05) is 11.7 Å². The van der Waals surface area contributed by atoms with Gasteiger partial charge in [-0.05, 0) is 50.3 Å². The Kier molecular flexibility index (Phi) is 4.17. The molecule has 1 aliphatic rings. The monoisotopic (exact) mass is 267 g/mol. The minimum Gasteiger partial charge on any atom is -0.348 e. The zero-order chi connectivity index (χ0) is 13.1. The lowest BCUT2D eigenvalue weighted by Crippen LogP contribution is -2.37. The summed E-state index contributed by atoms with van der Waals surface area (Å²) in [6, 6.07) is 1.84. The van der Waals surface area contributed by atoms with Crippen LogP contribution in [0.25, 0.3) is 0 Å². The molecule has 0 bridgehead atoms. The maximum Gasteiger partial charge on any atom is 0.270 e. The van der Waals surface area contributed by atoms with Crippen LogP contribution >= 0.6 is 11.6 Å². The summed E-state index contributed by atoms with van der Waals surface area (Å²) in [5.41, 5.74) is 1.05. The summed E-state index contributed by atoms with van der Waals surface area (Å²) in [7, 11) is 0. The van der Waals surface area contributed by atoms with Gasteiger partial charge in [0.15, 0.2) is 0 Å². The van der Waals surface area contributed by atoms with Crippen molar-refractivity contribution in [3.8, 4) is 0 Å². The van der Waals surface area contributed by atoms with Crippen LogP contribution in [0.1, 0.15) is 48.8 Å². The van der Waals surface area contributed by atoms with Crippen LogP contribution in [0.2, 0.25) is 5.28 Å². The molecule has 98 valence electrons. The predicted octanol–water partition coefficient (Wildman–Crippen LogP) is 2.75. The third kappa shape index (κ3) is 3.19. The number of hydrogen-bond donors (Lipinski definition) is 1. The fraction of sp³-hybridized carbons (Fsp3) is 0.615. The Labute approximate surface area is 112 Å². The Hall–Kier alpha value is -1.16. The Morgan fingerprint density at radius 2 is 2.11 bits per heavy atom. The molecule has 1 aromatic heterocycles. The fourth-order valence-corrected chi connectivity index (χ4v) is 2.73. The van der Waals surface area contributed by atoms with Gasteiger partial charge in [-0.3, -0.25) is 4.79 Å². The topological polar surface area (TPSA) is 54.9 Å². The second-order valence-electron chi connectivity index (χ2n) is 4.97. The van der Waals surface area contributed by atoms with E-state index >= 15 is 0 Å². The van der Waals surface area contributed by atoms with Crippen molar-refractivity contribution in [2.75, 3.05) is 0 Å². The van der Waals surface area contributed by atoms with Gasteiger partial charge >= 0.3 is 0 Å². The quantitative estimate of drug-likeness (QED) is 0.857. The summed E-state index contributed by atoms with van der Waals surface area (Å²) in [6.45, 7) is 3.86. The predicted molar refractivity (Wildman–Crippen MR) is 70.7 cm³/mol. The summed E-state index contributed by atoms with van der Waals surface area (Å²) < 4.78 is 0. The number of nitrogens with one attached hydrogen (secondary N) is 1. The number of carbonyl (C=O) groups is 1. The third-order valence-electron chi connectivity index (χ3n) is 3.53. The molecular weight excluding hydrogens is 250 g/mol. The minimum absolute atomic E-state index is 0.119. The van der Waals surface area contributed by atoms with Gasteiger partial charge in [0.25, 0.3) is 5.91 Å². The van der Waals surface area contributed by atoms with E-state index < -0.39 is 0 Å². The number of halogens is 1. The van der Waals surface area contributed by atoms with Crippen molar-refractivity contribution in [1.82, 2.24) is 15.3 Å². The van der Waals surface area contributed by atoms with Crippen LogP contribution in [0, 0.1) is 12.8 Å². The van der Waals surface area contributed by atoms with Gasteiger partial charge in [-0.15, -0.1) is 0 Å². The SMILES string of the molecule is Cc1cc(C(=O)NC(C)C2CCCC2)nc(Cl)n1. The molecule has 1 N–H and O–H groups in total. The first kappa shape index (κ1) is 13.3. The molecule has 1 fully saturated rings. The van der Waals surface area contributed by atoms with Gasteiger partial charge < -0.3 is 5.32 Å². The molecule has 1 aliphatic carbocycles. The Bertz CT molecular complexity index is 424. The molecule has 0 radical (unpaired) electrons. The fourth-order valence-electron chi connectivity index (χ4n) is 2.50. The second-order valence-corrected chi connectivity index (χ2v) is 5.31. The molecular formula is C13H18ClN3O. The van der Waals surface area contributed by atoms with Crippen molar-refractivity contribution in [2.24, 2.45) is 5.92 Å². The average Bonchev–Trinajstić information content (AvgIpc) is 2.80. The number of nitrogens with zero attached hydrogens (tertiary/aromatic N) is 2. The highest BCUT2D eigenvalue weighted by molar-refractivity contribution is 6.28. The maximum absolute atomic E-state index is 12.1. The molecule has 1 aromatic rings. The summed E-state index contributed by atoms with van der Waals surface area (Å²) in [5.74, 6) is 0.425. The summed E-state index contributed by atoms with van der Waals surface area (Å²) in [4.78, 5) is 20.0. The molecule has 1 amide bonds. The van der Waals surface area contributed by atoms with E-state index in [2.05, 4.69) is 22.2 Å². The largest absolute Gasteiger partial charge is 0.348 e. The zero-order valence-corrected chi connectivity index (χ0v) is 11.5. The Balaban J connectivity index is 2.02. The molecule has 5 heteroatoms. The highest BCUT2D eigenvalue weighted by atomic mass is 35.5. The van der Waals surface area contributed by atoms with E-state index in [0.717, 1.165) is 0 Å². The normalized spacial score (nSPS) is 17.7. The molecule has 0 aliphatic heterocycles. The number of aromatic nitrogens is 2. The lowest BCUT2D eigenvalue weighted by Gasteiger charge is -2.20. The van der Waals surface area contributed by atoms with Crippen LogP contribution in [0.15, 0.2) is 6.07 Å². The first-order chi connectivity index (χ1) is 8.56. The molecule has 1 heterocycles. The lowest BCUT2D eigenvalue weighted by molar-refractivity contribution is 0.0922. The van der Waals surface area contributed by atoms with E-state index in [4.69, 9.17) is 11.6 Å². The van der Waals surface area contributed by atoms with Gasteiger partial charge in [-0.25, -0.2) is 9.97 Å². The van der Waals surface area contributed by atoms with Crippen molar-refractivity contribution >= 4 is 17.5 Å². The van der Waals surface area contributed by atoms with E-state index in [1.54, 1.807) is 13.0 Å². The van der Waals surface area contributed by atoms with Crippen molar-refractivity contribution in [3.05, 3.63) is 22.7 Å². The maximum atomic E-state index is 12.1. The van der Waals surface area contributed by atoms with Gasteiger partial charge in [-0.1, -0.05) is 12.8 Å². The van der Waals surface area contributed by atoms with Crippen LogP contribution in [0.3, 0.4) is 0 Å². The number of hydrogen-bond acceptors (Lipinski definition) is 3. The minimum atomic E-state index is -0.165. The van der Waals surface area contributed by atoms with Crippen molar-refractivity contribution < 1.29 is 4.79 Å². The van der Waals surface area contributed by atoms with E-state index in [1.165, 1.54) is 25.7 Å². The number of amides is 1. The zero-order valence-electron chi connectivity index (χ0n) is 10.7. The molecule has 2 rings (SSSR count). The molecule has 0 saturated heterocycles. The smallest absolute Gasteiger partial charge is 0.270 e. The second kappa shape index (κ2) is 5.65. The molecule has 0 spiro atoms. The van der Waals surface area contributed by atoms with Crippen molar-refractivity contribution in [2.45, 2.75) is 45.6 Å². The van der Waals surface area contributed by atoms with Crippen LogP contribution in [0.4, 0.5) is 0 Å². The van der Waals surface area contributed by atoms with E-state index in [0.29, 0.717) is 17.3 Å². The van der Waals surface area contributed by atoms with E-state index in [1.807, 2.05) is 0 Å². The van der Waals surface area contributed by atoms with Crippen LogP contribution in [0.5, 0.6) is 0 Å². The first-order valence-corrected chi connectivity index (χ1v) is 6.76. The third-order valence-corrected chi connectivity index (χ3v) is 3.69. The average molecular weight is 268 g/mol. The van der Waals surface area contributed by atoms with Crippen LogP contribution in [-0.4, -0.2) is 21.9 Å². The molecule has 1 atom stereocenters. The highest BCUT2D eigenvalue weighted by Gasteiger charge is 2.23. The van der Waals surface area contributed by atoms with Gasteiger partial charge in [0.2, 0.25) is 5.28 Å². The van der Waals surface area contributed by atoms with Gasteiger partial charge in [0.05, 0.1) is 0 Å². The number of aryl methyl sites for hydroxylation is 1. The lowest BCUT2D eigenvalue weighted by atomic mass is 10.00. The molecule has 1 unspecified atom stereocenters. The summed E-state index contributed by atoms with van der Waals surface area (Å²) in [5, 5.41) is 3.12. The molecule has 4 nitrogen and oxygen atoms in total. The molecule has 18 heavy (non-hydrogen) atoms. The highest BCUT2D eigenvalue weighted by Crippen LogP contribution is 2.27. The Morgan fingerprint density at radius 3 is 2.72 bits per heavy atom. The van der Waals surface area contributed by atoms with Crippen molar-refractivity contribution in [3.63, 3.8) is 0 Å². The Morgan fingerprint density at radius 1 is 1.44 bits per heavy atom. The van der Waals surface area contributed by atoms with Crippen molar-refractivity contribution in [1.29, 1.82) is 0 Å². The summed E-state index contributed by atoms with van der Waals surface area (Å²) >= 11 is 5.76.